The minimum absolute atomic E-state index is 0.102. The van der Waals surface area contributed by atoms with E-state index >= 15 is 0 Å². The molecule has 3 heterocycles. The fourth-order valence-electron chi connectivity index (χ4n) is 3.60. The van der Waals surface area contributed by atoms with Crippen LogP contribution in [0.1, 0.15) is 24.1 Å². The lowest BCUT2D eigenvalue weighted by molar-refractivity contribution is 0.170. The van der Waals surface area contributed by atoms with E-state index in [1.54, 1.807) is 7.11 Å². The number of aryl methyl sites for hydroxylation is 2. The maximum atomic E-state index is 12.1. The van der Waals surface area contributed by atoms with Crippen molar-refractivity contribution in [3.63, 3.8) is 0 Å². The Bertz CT molecular complexity index is 1060. The van der Waals surface area contributed by atoms with Gasteiger partial charge < -0.3 is 14.4 Å². The zero-order chi connectivity index (χ0) is 19.7. The molecule has 1 aliphatic heterocycles. The van der Waals surface area contributed by atoms with E-state index in [1.165, 1.54) is 10.5 Å². The molecule has 0 spiro atoms. The molecule has 0 radical (unpaired) electrons. The van der Waals surface area contributed by atoms with Gasteiger partial charge in [0.1, 0.15) is 23.4 Å². The van der Waals surface area contributed by atoms with E-state index in [-0.39, 0.29) is 11.7 Å². The Labute approximate surface area is 163 Å². The summed E-state index contributed by atoms with van der Waals surface area (Å²) in [5.74, 6) is 2.96. The second-order valence-corrected chi connectivity index (χ2v) is 7.14. The van der Waals surface area contributed by atoms with E-state index < -0.39 is 0 Å². The molecule has 0 bridgehead atoms. The zero-order valence-corrected chi connectivity index (χ0v) is 16.4. The molecule has 1 fully saturated rings. The van der Waals surface area contributed by atoms with Gasteiger partial charge in [0.15, 0.2) is 0 Å². The summed E-state index contributed by atoms with van der Waals surface area (Å²) in [5, 5.41) is 0. The highest BCUT2D eigenvalue weighted by molar-refractivity contribution is 5.51. The van der Waals surface area contributed by atoms with Crippen LogP contribution in [0, 0.1) is 13.8 Å². The third-order valence-electron chi connectivity index (χ3n) is 5.03. The predicted molar refractivity (Wildman–Crippen MR) is 108 cm³/mol. The monoisotopic (exact) mass is 380 g/mol. The largest absolute Gasteiger partial charge is 0.497 e. The van der Waals surface area contributed by atoms with Crippen LogP contribution in [0.25, 0.3) is 5.78 Å². The van der Waals surface area contributed by atoms with E-state index in [0.717, 1.165) is 48.8 Å². The van der Waals surface area contributed by atoms with Gasteiger partial charge in [0.2, 0.25) is 5.78 Å². The van der Waals surface area contributed by atoms with E-state index in [9.17, 15) is 4.79 Å². The summed E-state index contributed by atoms with van der Waals surface area (Å²) >= 11 is 0. The van der Waals surface area contributed by atoms with Gasteiger partial charge in [0.25, 0.3) is 5.56 Å². The van der Waals surface area contributed by atoms with Crippen LogP contribution in [-0.4, -0.2) is 40.7 Å². The van der Waals surface area contributed by atoms with Gasteiger partial charge in [-0.3, -0.25) is 9.20 Å². The topological polar surface area (TPSA) is 69.0 Å². The second-order valence-electron chi connectivity index (χ2n) is 7.14. The number of piperidine rings is 1. The third-order valence-corrected chi connectivity index (χ3v) is 5.03. The first kappa shape index (κ1) is 18.3. The molecule has 1 aliphatic rings. The molecule has 3 aromatic rings. The van der Waals surface area contributed by atoms with Crippen molar-refractivity contribution >= 4 is 11.6 Å². The van der Waals surface area contributed by atoms with Crippen molar-refractivity contribution in [2.45, 2.75) is 32.8 Å². The summed E-state index contributed by atoms with van der Waals surface area (Å²) in [5.41, 5.74) is 1.54. The van der Waals surface area contributed by atoms with Crippen LogP contribution in [0.2, 0.25) is 0 Å². The fourth-order valence-corrected chi connectivity index (χ4v) is 3.60. The molecule has 0 atom stereocenters. The smallest absolute Gasteiger partial charge is 0.259 e. The number of anilines is 1. The molecule has 0 N–H and O–H groups in total. The number of benzene rings is 1. The lowest BCUT2D eigenvalue weighted by Crippen LogP contribution is -2.39. The Morgan fingerprint density at radius 3 is 2.57 bits per heavy atom. The quantitative estimate of drug-likeness (QED) is 0.693. The van der Waals surface area contributed by atoms with Crippen molar-refractivity contribution in [1.82, 2.24) is 14.4 Å². The standard InChI is InChI=1S/C21H24N4O3/c1-14-13-25-19(26)11-15(2)22-21(25)23-20(14)24-9-7-16(8-10-24)28-18-6-4-5-17(12-18)27-3/h4-6,11-13,16H,7-10H2,1-3H3. The normalized spacial score (nSPS) is 15.0. The van der Waals surface area contributed by atoms with Crippen LogP contribution in [0.4, 0.5) is 5.82 Å². The molecular weight excluding hydrogens is 356 g/mol. The highest BCUT2D eigenvalue weighted by Crippen LogP contribution is 2.26. The lowest BCUT2D eigenvalue weighted by Gasteiger charge is -2.33. The van der Waals surface area contributed by atoms with Gasteiger partial charge in [-0.1, -0.05) is 6.07 Å². The third kappa shape index (κ3) is 3.65. The first-order valence-corrected chi connectivity index (χ1v) is 9.47. The molecule has 146 valence electrons. The van der Waals surface area contributed by atoms with Crippen LogP contribution < -0.4 is 19.9 Å². The van der Waals surface area contributed by atoms with Crippen molar-refractivity contribution in [3.05, 3.63) is 58.1 Å². The molecule has 1 aromatic carbocycles. The number of ether oxygens (including phenoxy) is 2. The van der Waals surface area contributed by atoms with Crippen LogP contribution in [0.15, 0.2) is 41.3 Å². The number of methoxy groups -OCH3 is 1. The summed E-state index contributed by atoms with van der Waals surface area (Å²) in [7, 11) is 1.65. The van der Waals surface area contributed by atoms with Gasteiger partial charge in [0, 0.05) is 55.5 Å². The number of hydrogen-bond donors (Lipinski definition) is 0. The van der Waals surface area contributed by atoms with Crippen molar-refractivity contribution in [2.75, 3.05) is 25.1 Å². The molecule has 4 rings (SSSR count). The molecule has 7 nitrogen and oxygen atoms in total. The highest BCUT2D eigenvalue weighted by atomic mass is 16.5. The lowest BCUT2D eigenvalue weighted by atomic mass is 10.1. The Kier molecular flexibility index (Phi) is 4.90. The molecule has 0 amide bonds. The van der Waals surface area contributed by atoms with Crippen LogP contribution in [-0.2, 0) is 0 Å². The van der Waals surface area contributed by atoms with E-state index in [4.69, 9.17) is 9.47 Å². The van der Waals surface area contributed by atoms with Crippen LogP contribution in [0.5, 0.6) is 11.5 Å². The van der Waals surface area contributed by atoms with Crippen LogP contribution in [0.3, 0.4) is 0 Å². The SMILES string of the molecule is COc1cccc(OC2CCN(c3nc4nc(C)cc(=O)n4cc3C)CC2)c1. The summed E-state index contributed by atoms with van der Waals surface area (Å²) < 4.78 is 12.9. The Balaban J connectivity index is 1.49. The van der Waals surface area contributed by atoms with Crippen molar-refractivity contribution in [3.8, 4) is 11.5 Å². The summed E-state index contributed by atoms with van der Waals surface area (Å²) in [6, 6.07) is 9.23. The molecule has 28 heavy (non-hydrogen) atoms. The average molecular weight is 380 g/mol. The average Bonchev–Trinajstić information content (AvgIpc) is 2.69. The Morgan fingerprint density at radius 2 is 1.82 bits per heavy atom. The zero-order valence-electron chi connectivity index (χ0n) is 16.4. The van der Waals surface area contributed by atoms with E-state index in [0.29, 0.717) is 11.5 Å². The highest BCUT2D eigenvalue weighted by Gasteiger charge is 2.23. The minimum Gasteiger partial charge on any atom is -0.497 e. The summed E-state index contributed by atoms with van der Waals surface area (Å²) in [6.07, 6.45) is 3.78. The van der Waals surface area contributed by atoms with Gasteiger partial charge >= 0.3 is 0 Å². The summed E-state index contributed by atoms with van der Waals surface area (Å²) in [4.78, 5) is 23.5. The van der Waals surface area contributed by atoms with Gasteiger partial charge in [-0.25, -0.2) is 4.98 Å². The Morgan fingerprint density at radius 1 is 1.07 bits per heavy atom. The van der Waals surface area contributed by atoms with E-state index in [1.807, 2.05) is 44.3 Å². The first-order valence-electron chi connectivity index (χ1n) is 9.47. The molecule has 2 aromatic heterocycles. The molecule has 0 saturated carbocycles. The second kappa shape index (κ2) is 7.50. The van der Waals surface area contributed by atoms with Gasteiger partial charge in [-0.05, 0) is 26.0 Å². The molecular formula is C21H24N4O3. The minimum atomic E-state index is -0.102. The van der Waals surface area contributed by atoms with Gasteiger partial charge in [-0.2, -0.15) is 4.98 Å². The maximum absolute atomic E-state index is 12.1. The van der Waals surface area contributed by atoms with Crippen molar-refractivity contribution in [2.24, 2.45) is 0 Å². The number of rotatable bonds is 4. The maximum Gasteiger partial charge on any atom is 0.259 e. The molecule has 1 saturated heterocycles. The van der Waals surface area contributed by atoms with Crippen molar-refractivity contribution < 1.29 is 9.47 Å². The van der Waals surface area contributed by atoms with Gasteiger partial charge in [0.05, 0.1) is 7.11 Å². The number of nitrogens with zero attached hydrogens (tertiary/aromatic N) is 4. The fraction of sp³-hybridized carbons (Fsp3) is 0.381. The number of hydrogen-bond acceptors (Lipinski definition) is 6. The first-order chi connectivity index (χ1) is 13.5. The summed E-state index contributed by atoms with van der Waals surface area (Å²) in [6.45, 7) is 5.47. The number of fused-ring (bicyclic) bond motifs is 1. The Hall–Kier alpha value is -3.09. The van der Waals surface area contributed by atoms with E-state index in [2.05, 4.69) is 14.9 Å². The van der Waals surface area contributed by atoms with Gasteiger partial charge in [-0.15, -0.1) is 0 Å². The molecule has 0 aliphatic carbocycles. The molecule has 0 unspecified atom stereocenters. The molecule has 7 heteroatoms. The van der Waals surface area contributed by atoms with Crippen LogP contribution >= 0.6 is 0 Å². The number of aromatic nitrogens is 3. The van der Waals surface area contributed by atoms with Crippen molar-refractivity contribution in [1.29, 1.82) is 0 Å². The predicted octanol–water partition coefficient (Wildman–Crippen LogP) is 2.76.